The molecular weight excluding hydrogens is 312 g/mol. The van der Waals surface area contributed by atoms with E-state index in [1.165, 1.54) is 0 Å². The molecule has 0 spiro atoms. The second kappa shape index (κ2) is 7.45. The first-order valence-corrected chi connectivity index (χ1v) is 7.93. The van der Waals surface area contributed by atoms with Crippen LogP contribution in [0, 0.1) is 0 Å². The lowest BCUT2D eigenvalue weighted by atomic mass is 10.0. The van der Waals surface area contributed by atoms with Crippen LogP contribution in [0.25, 0.3) is 11.1 Å². The van der Waals surface area contributed by atoms with Gasteiger partial charge >= 0.3 is 0 Å². The summed E-state index contributed by atoms with van der Waals surface area (Å²) in [4.78, 5) is 12.2. The summed E-state index contributed by atoms with van der Waals surface area (Å²) in [6.07, 6.45) is 0. The molecule has 124 valence electrons. The summed E-state index contributed by atoms with van der Waals surface area (Å²) in [5, 5.41) is 13.9. The van der Waals surface area contributed by atoms with Gasteiger partial charge in [0.15, 0.2) is 0 Å². The number of hydrazone groups is 1. The Hall–Kier alpha value is -3.40. The normalized spacial score (nSPS) is 11.2. The number of para-hydroxylation sites is 1. The molecule has 4 nitrogen and oxygen atoms in total. The molecule has 0 atom stereocenters. The van der Waals surface area contributed by atoms with E-state index in [1.54, 1.807) is 43.3 Å². The number of amides is 1. The van der Waals surface area contributed by atoms with E-state index in [0.717, 1.165) is 11.1 Å². The maximum Gasteiger partial charge on any atom is 0.271 e. The topological polar surface area (TPSA) is 61.7 Å². The van der Waals surface area contributed by atoms with Gasteiger partial charge in [-0.1, -0.05) is 54.6 Å². The Kier molecular flexibility index (Phi) is 4.90. The molecule has 3 rings (SSSR count). The first-order chi connectivity index (χ1) is 12.1. The number of hydrogen-bond acceptors (Lipinski definition) is 3. The highest BCUT2D eigenvalue weighted by Crippen LogP contribution is 2.19. The van der Waals surface area contributed by atoms with Gasteiger partial charge in [0.2, 0.25) is 0 Å². The molecule has 0 bridgehead atoms. The highest BCUT2D eigenvalue weighted by Gasteiger charge is 2.07. The standard InChI is InChI=1S/C21H18N2O2/c1-15(19-9-5-6-10-20(19)24)22-23-21(25)18-13-11-17(12-14-18)16-7-3-2-4-8-16/h2-14,24H,1H3,(H,23,25). The van der Waals surface area contributed by atoms with Crippen molar-refractivity contribution in [3.8, 4) is 16.9 Å². The number of phenolic OH excluding ortho intramolecular Hbond substituents is 1. The van der Waals surface area contributed by atoms with Gasteiger partial charge < -0.3 is 5.11 Å². The smallest absolute Gasteiger partial charge is 0.271 e. The Balaban J connectivity index is 1.71. The van der Waals surface area contributed by atoms with E-state index in [1.807, 2.05) is 42.5 Å². The van der Waals surface area contributed by atoms with Gasteiger partial charge in [0.25, 0.3) is 5.91 Å². The van der Waals surface area contributed by atoms with Crippen LogP contribution in [0.2, 0.25) is 0 Å². The summed E-state index contributed by atoms with van der Waals surface area (Å²) in [5.41, 5.74) is 6.31. The van der Waals surface area contributed by atoms with Gasteiger partial charge in [-0.3, -0.25) is 4.79 Å². The van der Waals surface area contributed by atoms with Crippen molar-refractivity contribution in [2.45, 2.75) is 6.92 Å². The summed E-state index contributed by atoms with van der Waals surface area (Å²) < 4.78 is 0. The zero-order valence-corrected chi connectivity index (χ0v) is 13.8. The summed E-state index contributed by atoms with van der Waals surface area (Å²) in [6, 6.07) is 24.2. The van der Waals surface area contributed by atoms with Crippen LogP contribution < -0.4 is 5.43 Å². The molecule has 2 N–H and O–H groups in total. The number of carbonyl (C=O) groups excluding carboxylic acids is 1. The van der Waals surface area contributed by atoms with Crippen molar-refractivity contribution in [3.05, 3.63) is 90.0 Å². The van der Waals surface area contributed by atoms with Crippen LogP contribution in [0.3, 0.4) is 0 Å². The quantitative estimate of drug-likeness (QED) is 0.556. The SMILES string of the molecule is CC(=NNC(=O)c1ccc(-c2ccccc2)cc1)c1ccccc1O. The minimum absolute atomic E-state index is 0.130. The number of hydrogen-bond donors (Lipinski definition) is 2. The minimum atomic E-state index is -0.297. The van der Waals surface area contributed by atoms with Gasteiger partial charge in [0.05, 0.1) is 5.71 Å². The van der Waals surface area contributed by atoms with Gasteiger partial charge in [0, 0.05) is 11.1 Å². The summed E-state index contributed by atoms with van der Waals surface area (Å²) in [6.45, 7) is 1.73. The van der Waals surface area contributed by atoms with Crippen LogP contribution in [0.5, 0.6) is 5.75 Å². The Morgan fingerprint density at radius 3 is 2.12 bits per heavy atom. The van der Waals surface area contributed by atoms with E-state index in [0.29, 0.717) is 16.8 Å². The summed E-state index contributed by atoms with van der Waals surface area (Å²) in [7, 11) is 0. The third-order valence-electron chi connectivity index (χ3n) is 3.87. The predicted molar refractivity (Wildman–Crippen MR) is 99.7 cm³/mol. The average molecular weight is 330 g/mol. The van der Waals surface area contributed by atoms with E-state index in [-0.39, 0.29) is 11.7 Å². The summed E-state index contributed by atoms with van der Waals surface area (Å²) in [5.74, 6) is -0.167. The fourth-order valence-corrected chi connectivity index (χ4v) is 2.48. The number of aromatic hydroxyl groups is 1. The first kappa shape index (κ1) is 16.5. The molecule has 0 aliphatic heterocycles. The van der Waals surface area contributed by atoms with Gasteiger partial charge in [-0.15, -0.1) is 0 Å². The monoisotopic (exact) mass is 330 g/mol. The largest absolute Gasteiger partial charge is 0.507 e. The van der Waals surface area contributed by atoms with Crippen molar-refractivity contribution in [1.29, 1.82) is 0 Å². The van der Waals surface area contributed by atoms with E-state index in [4.69, 9.17) is 0 Å². The fraction of sp³-hybridized carbons (Fsp3) is 0.0476. The van der Waals surface area contributed by atoms with Crippen molar-refractivity contribution in [3.63, 3.8) is 0 Å². The molecule has 0 fully saturated rings. The lowest BCUT2D eigenvalue weighted by molar-refractivity contribution is 0.0955. The second-order valence-corrected chi connectivity index (χ2v) is 5.60. The molecule has 0 saturated carbocycles. The fourth-order valence-electron chi connectivity index (χ4n) is 2.48. The Bertz CT molecular complexity index is 901. The average Bonchev–Trinajstić information content (AvgIpc) is 2.67. The van der Waals surface area contributed by atoms with Crippen LogP contribution >= 0.6 is 0 Å². The molecule has 3 aromatic carbocycles. The zero-order chi connectivity index (χ0) is 17.6. The van der Waals surface area contributed by atoms with Crippen LogP contribution in [0.1, 0.15) is 22.8 Å². The third kappa shape index (κ3) is 3.93. The van der Waals surface area contributed by atoms with Gasteiger partial charge in [-0.05, 0) is 42.3 Å². The first-order valence-electron chi connectivity index (χ1n) is 7.93. The summed E-state index contributed by atoms with van der Waals surface area (Å²) >= 11 is 0. The minimum Gasteiger partial charge on any atom is -0.507 e. The number of nitrogens with one attached hydrogen (secondary N) is 1. The molecule has 0 aliphatic rings. The van der Waals surface area contributed by atoms with Crippen LogP contribution in [0.15, 0.2) is 84.0 Å². The number of nitrogens with zero attached hydrogens (tertiary/aromatic N) is 1. The molecule has 0 radical (unpaired) electrons. The number of carbonyl (C=O) groups is 1. The zero-order valence-electron chi connectivity index (χ0n) is 13.8. The van der Waals surface area contributed by atoms with Crippen molar-refractivity contribution >= 4 is 11.6 Å². The van der Waals surface area contributed by atoms with Crippen molar-refractivity contribution in [2.24, 2.45) is 5.10 Å². The van der Waals surface area contributed by atoms with Gasteiger partial charge in [-0.25, -0.2) is 5.43 Å². The molecule has 0 unspecified atom stereocenters. The highest BCUT2D eigenvalue weighted by atomic mass is 16.3. The molecule has 0 aliphatic carbocycles. The van der Waals surface area contributed by atoms with Gasteiger partial charge in [-0.2, -0.15) is 5.10 Å². The van der Waals surface area contributed by atoms with Crippen LogP contribution in [-0.4, -0.2) is 16.7 Å². The molecule has 1 amide bonds. The Morgan fingerprint density at radius 1 is 0.840 bits per heavy atom. The number of rotatable bonds is 4. The molecule has 0 saturated heterocycles. The molecular formula is C21H18N2O2. The van der Waals surface area contributed by atoms with Gasteiger partial charge in [0.1, 0.15) is 5.75 Å². The van der Waals surface area contributed by atoms with Crippen molar-refractivity contribution in [2.75, 3.05) is 0 Å². The number of benzene rings is 3. The predicted octanol–water partition coefficient (Wildman–Crippen LogP) is 4.21. The van der Waals surface area contributed by atoms with E-state index < -0.39 is 0 Å². The van der Waals surface area contributed by atoms with Crippen molar-refractivity contribution in [1.82, 2.24) is 5.43 Å². The molecule has 0 aromatic heterocycles. The third-order valence-corrected chi connectivity index (χ3v) is 3.87. The van der Waals surface area contributed by atoms with Crippen LogP contribution in [-0.2, 0) is 0 Å². The van der Waals surface area contributed by atoms with E-state index in [9.17, 15) is 9.90 Å². The maximum absolute atomic E-state index is 12.2. The van der Waals surface area contributed by atoms with Crippen molar-refractivity contribution < 1.29 is 9.90 Å². The highest BCUT2D eigenvalue weighted by molar-refractivity contribution is 6.02. The molecule has 3 aromatic rings. The lowest BCUT2D eigenvalue weighted by Crippen LogP contribution is -2.19. The van der Waals surface area contributed by atoms with Crippen LogP contribution in [0.4, 0.5) is 0 Å². The molecule has 4 heteroatoms. The maximum atomic E-state index is 12.2. The Morgan fingerprint density at radius 2 is 1.44 bits per heavy atom. The number of phenols is 1. The lowest BCUT2D eigenvalue weighted by Gasteiger charge is -2.06. The van der Waals surface area contributed by atoms with E-state index in [2.05, 4.69) is 10.5 Å². The second-order valence-electron chi connectivity index (χ2n) is 5.60. The molecule has 25 heavy (non-hydrogen) atoms. The Labute approximate surface area is 146 Å². The molecule has 0 heterocycles. The van der Waals surface area contributed by atoms with E-state index >= 15 is 0 Å².